The second-order valence-corrected chi connectivity index (χ2v) is 6.25. The Balaban J connectivity index is 1.86. The van der Waals surface area contributed by atoms with E-state index in [0.29, 0.717) is 0 Å². The highest BCUT2D eigenvalue weighted by atomic mass is 35.5. The van der Waals surface area contributed by atoms with E-state index in [4.69, 9.17) is 23.2 Å². The number of carbonyl (C=O) groups excluding carboxylic acids is 5. The number of benzene rings is 2. The van der Waals surface area contributed by atoms with E-state index in [-0.39, 0.29) is 43.4 Å². The lowest BCUT2D eigenvalue weighted by Crippen LogP contribution is -2.07. The van der Waals surface area contributed by atoms with E-state index >= 15 is 0 Å². The van der Waals surface area contributed by atoms with Gasteiger partial charge in [0.2, 0.25) is 0 Å². The van der Waals surface area contributed by atoms with Gasteiger partial charge in [-0.05, 0) is 24.3 Å². The molecule has 7 nitrogen and oxygen atoms in total. The molecule has 0 saturated carbocycles. The third-order valence-electron chi connectivity index (χ3n) is 3.95. The fourth-order valence-corrected chi connectivity index (χ4v) is 3.20. The van der Waals surface area contributed by atoms with E-state index in [1.807, 2.05) is 0 Å². The van der Waals surface area contributed by atoms with Crippen molar-refractivity contribution >= 4 is 52.9 Å². The second kappa shape index (κ2) is 5.48. The van der Waals surface area contributed by atoms with Crippen molar-refractivity contribution in [3.8, 4) is 0 Å². The molecule has 2 aliphatic rings. The number of hydrogen-bond donors (Lipinski definition) is 0. The minimum Gasteiger partial charge on any atom is -0.386 e. The van der Waals surface area contributed by atoms with E-state index in [2.05, 4.69) is 9.47 Å². The first-order valence-corrected chi connectivity index (χ1v) is 7.78. The van der Waals surface area contributed by atoms with Crippen LogP contribution in [0.5, 0.6) is 0 Å². The molecule has 0 aromatic heterocycles. The van der Waals surface area contributed by atoms with Crippen LogP contribution in [0.25, 0.3) is 0 Å². The Morgan fingerprint density at radius 2 is 0.923 bits per heavy atom. The lowest BCUT2D eigenvalue weighted by Gasteiger charge is -2.08. The van der Waals surface area contributed by atoms with Gasteiger partial charge >= 0.3 is 23.9 Å². The van der Waals surface area contributed by atoms with Crippen molar-refractivity contribution in [2.45, 2.75) is 0 Å². The summed E-state index contributed by atoms with van der Waals surface area (Å²) in [6, 6.07) is 4.55. The molecule has 0 N–H and O–H groups in total. The minimum absolute atomic E-state index is 0.0502. The largest absolute Gasteiger partial charge is 0.386 e. The summed E-state index contributed by atoms with van der Waals surface area (Å²) < 4.78 is 8.93. The zero-order valence-corrected chi connectivity index (χ0v) is 13.9. The molecule has 0 atom stereocenters. The van der Waals surface area contributed by atoms with Crippen molar-refractivity contribution in [1.29, 1.82) is 0 Å². The van der Waals surface area contributed by atoms with Crippen LogP contribution in [0, 0.1) is 0 Å². The molecule has 0 spiro atoms. The predicted molar refractivity (Wildman–Crippen MR) is 85.8 cm³/mol. The van der Waals surface area contributed by atoms with Crippen LogP contribution in [-0.2, 0) is 9.47 Å². The van der Waals surface area contributed by atoms with Gasteiger partial charge < -0.3 is 9.47 Å². The van der Waals surface area contributed by atoms with E-state index in [0.717, 1.165) is 24.3 Å². The molecular weight excluding hydrogens is 387 g/mol. The molecule has 0 aliphatic carbocycles. The minimum atomic E-state index is -0.898. The molecule has 4 rings (SSSR count). The van der Waals surface area contributed by atoms with Gasteiger partial charge in [-0.3, -0.25) is 4.79 Å². The number of rotatable bonds is 2. The number of fused-ring (bicyclic) bond motifs is 2. The van der Waals surface area contributed by atoms with Gasteiger partial charge in [0.1, 0.15) is 0 Å². The molecular formula is C17H4Cl2O7. The molecule has 26 heavy (non-hydrogen) atoms. The van der Waals surface area contributed by atoms with Crippen LogP contribution in [0.4, 0.5) is 0 Å². The van der Waals surface area contributed by atoms with Crippen molar-refractivity contribution in [2.24, 2.45) is 0 Å². The summed E-state index contributed by atoms with van der Waals surface area (Å²) in [4.78, 5) is 59.2. The summed E-state index contributed by atoms with van der Waals surface area (Å²) in [5, 5.41) is -0.203. The Hall–Kier alpha value is -3.03. The maximum atomic E-state index is 12.8. The fraction of sp³-hybridized carbons (Fsp3) is 0. The van der Waals surface area contributed by atoms with Gasteiger partial charge in [-0.25, -0.2) is 19.2 Å². The first-order valence-electron chi connectivity index (χ1n) is 7.02. The highest BCUT2D eigenvalue weighted by molar-refractivity contribution is 6.39. The van der Waals surface area contributed by atoms with Gasteiger partial charge in [-0.1, -0.05) is 23.2 Å². The van der Waals surface area contributed by atoms with Crippen LogP contribution in [-0.4, -0.2) is 29.7 Å². The van der Waals surface area contributed by atoms with Crippen molar-refractivity contribution < 1.29 is 33.4 Å². The molecule has 0 amide bonds. The maximum absolute atomic E-state index is 12.8. The highest BCUT2D eigenvalue weighted by Crippen LogP contribution is 2.32. The number of ketones is 1. The van der Waals surface area contributed by atoms with Crippen LogP contribution in [0.3, 0.4) is 0 Å². The summed E-state index contributed by atoms with van der Waals surface area (Å²) in [7, 11) is 0. The van der Waals surface area contributed by atoms with E-state index in [1.165, 1.54) is 0 Å². The Morgan fingerprint density at radius 1 is 0.615 bits per heavy atom. The Bertz CT molecular complexity index is 1020. The van der Waals surface area contributed by atoms with Crippen molar-refractivity contribution in [3.63, 3.8) is 0 Å². The smallest absolute Gasteiger partial charge is 0.346 e. The SMILES string of the molecule is O=C(c1cc2c(cc1Cl)C(=O)OC2=O)c1cc2c(cc1Cl)C(=O)OC2=O. The van der Waals surface area contributed by atoms with Crippen LogP contribution in [0.1, 0.15) is 57.4 Å². The number of ether oxygens (including phenoxy) is 2. The zero-order valence-electron chi connectivity index (χ0n) is 12.4. The Morgan fingerprint density at radius 3 is 1.27 bits per heavy atom. The monoisotopic (exact) mass is 390 g/mol. The van der Waals surface area contributed by atoms with E-state index < -0.39 is 29.7 Å². The van der Waals surface area contributed by atoms with Crippen LogP contribution in [0.15, 0.2) is 24.3 Å². The molecule has 0 saturated heterocycles. The summed E-state index contributed by atoms with van der Waals surface area (Å²) in [6.45, 7) is 0. The number of carbonyl (C=O) groups is 5. The first-order chi connectivity index (χ1) is 12.3. The molecule has 2 heterocycles. The van der Waals surface area contributed by atoms with Crippen molar-refractivity contribution in [3.05, 3.63) is 67.7 Å². The van der Waals surface area contributed by atoms with Gasteiger partial charge in [0, 0.05) is 11.1 Å². The van der Waals surface area contributed by atoms with Gasteiger partial charge in [-0.15, -0.1) is 0 Å². The third kappa shape index (κ3) is 2.25. The summed E-state index contributed by atoms with van der Waals surface area (Å²) in [5.41, 5.74) is -0.533. The highest BCUT2D eigenvalue weighted by Gasteiger charge is 2.34. The van der Waals surface area contributed by atoms with Crippen LogP contribution >= 0.6 is 23.2 Å². The number of esters is 4. The van der Waals surface area contributed by atoms with Crippen LogP contribution < -0.4 is 0 Å². The van der Waals surface area contributed by atoms with E-state index in [1.54, 1.807) is 0 Å². The van der Waals surface area contributed by atoms with Crippen molar-refractivity contribution in [2.75, 3.05) is 0 Å². The van der Waals surface area contributed by atoms with Gasteiger partial charge in [0.25, 0.3) is 0 Å². The van der Waals surface area contributed by atoms with E-state index in [9.17, 15) is 24.0 Å². The molecule has 0 unspecified atom stereocenters. The van der Waals surface area contributed by atoms with Gasteiger partial charge in [0.05, 0.1) is 32.3 Å². The van der Waals surface area contributed by atoms with Gasteiger partial charge in [-0.2, -0.15) is 0 Å². The quantitative estimate of drug-likeness (QED) is 0.441. The normalized spacial score (nSPS) is 14.8. The molecule has 0 fully saturated rings. The molecule has 2 aromatic carbocycles. The lowest BCUT2D eigenvalue weighted by molar-refractivity contribution is 0.0425. The summed E-state index contributed by atoms with van der Waals surface area (Å²) in [6.07, 6.45) is 0. The second-order valence-electron chi connectivity index (χ2n) is 5.44. The lowest BCUT2D eigenvalue weighted by atomic mass is 9.96. The molecule has 2 aliphatic heterocycles. The number of cyclic esters (lactones) is 4. The topological polar surface area (TPSA) is 104 Å². The summed E-state index contributed by atoms with van der Waals surface area (Å²) >= 11 is 12.1. The Kier molecular flexibility index (Phi) is 3.47. The first kappa shape index (κ1) is 16.4. The average Bonchev–Trinajstić information content (AvgIpc) is 3.01. The average molecular weight is 391 g/mol. The maximum Gasteiger partial charge on any atom is 0.346 e. The third-order valence-corrected chi connectivity index (χ3v) is 4.58. The van der Waals surface area contributed by atoms with Crippen molar-refractivity contribution in [1.82, 2.24) is 0 Å². The molecule has 0 radical (unpaired) electrons. The fourth-order valence-electron chi connectivity index (χ4n) is 2.70. The zero-order chi connectivity index (χ0) is 18.7. The van der Waals surface area contributed by atoms with Crippen LogP contribution in [0.2, 0.25) is 10.0 Å². The predicted octanol–water partition coefficient (Wildman–Crippen LogP) is 2.85. The molecule has 0 bridgehead atoms. The standard InChI is InChI=1S/C17H4Cl2O7/c18-11-3-7-5(14(21)25-16(7)23)1-9(11)13(20)10-2-6-8(4-12(10)19)17(24)26-15(6)22/h1-4H. The molecule has 2 aromatic rings. The summed E-state index contributed by atoms with van der Waals surface area (Å²) in [5.74, 6) is -4.22. The molecule has 9 heteroatoms. The Labute approximate surface area is 154 Å². The van der Waals surface area contributed by atoms with Gasteiger partial charge in [0.15, 0.2) is 5.78 Å². The molecule has 128 valence electrons. The number of halogens is 2. The number of hydrogen-bond acceptors (Lipinski definition) is 7.